The van der Waals surface area contributed by atoms with Crippen LogP contribution in [0, 0.1) is 13.8 Å². The van der Waals surface area contributed by atoms with Gasteiger partial charge in [0, 0.05) is 18.7 Å². The topological polar surface area (TPSA) is 38.0 Å². The molecule has 20 heavy (non-hydrogen) atoms. The van der Waals surface area contributed by atoms with Gasteiger partial charge in [0.25, 0.3) is 0 Å². The Morgan fingerprint density at radius 1 is 1.20 bits per heavy atom. The van der Waals surface area contributed by atoms with Gasteiger partial charge in [-0.2, -0.15) is 5.10 Å². The van der Waals surface area contributed by atoms with Gasteiger partial charge in [-0.25, -0.2) is 0 Å². The van der Waals surface area contributed by atoms with E-state index in [9.17, 15) is 5.11 Å². The number of hydrogen-bond acceptors (Lipinski definition) is 2. The molecule has 3 nitrogen and oxygen atoms in total. The first-order valence-corrected chi connectivity index (χ1v) is 7.36. The number of rotatable bonds is 5. The number of benzene rings is 1. The smallest absolute Gasteiger partial charge is 0.0847 e. The maximum atomic E-state index is 10.5. The fourth-order valence-corrected chi connectivity index (χ4v) is 2.63. The van der Waals surface area contributed by atoms with E-state index in [0.29, 0.717) is 6.42 Å². The van der Waals surface area contributed by atoms with Crippen LogP contribution in [0.25, 0.3) is 0 Å². The average Bonchev–Trinajstić information content (AvgIpc) is 2.80. The fraction of sp³-hybridized carbons (Fsp3) is 0.471. The Balaban J connectivity index is 2.22. The molecule has 2 rings (SSSR count). The van der Waals surface area contributed by atoms with Gasteiger partial charge in [-0.1, -0.05) is 30.7 Å². The Morgan fingerprint density at radius 2 is 1.95 bits per heavy atom. The minimum absolute atomic E-state index is 0.470. The minimum Gasteiger partial charge on any atom is -0.388 e. The molecule has 0 amide bonds. The molecule has 0 aliphatic rings. The van der Waals surface area contributed by atoms with Crippen molar-refractivity contribution < 1.29 is 5.11 Å². The molecule has 0 radical (unpaired) electrons. The molecule has 1 aromatic carbocycles. The second-order valence-electron chi connectivity index (χ2n) is 5.38. The highest BCUT2D eigenvalue weighted by Crippen LogP contribution is 2.23. The van der Waals surface area contributed by atoms with E-state index in [0.717, 1.165) is 35.5 Å². The molecule has 0 aliphatic heterocycles. The van der Waals surface area contributed by atoms with Gasteiger partial charge in [-0.15, -0.1) is 0 Å². The van der Waals surface area contributed by atoms with Crippen LogP contribution in [0.3, 0.4) is 0 Å². The Morgan fingerprint density at radius 3 is 2.55 bits per heavy atom. The lowest BCUT2D eigenvalue weighted by Crippen LogP contribution is -2.09. The van der Waals surface area contributed by atoms with Crippen LogP contribution in [0.2, 0.25) is 0 Å². The molecule has 2 aromatic rings. The summed E-state index contributed by atoms with van der Waals surface area (Å²) in [5.41, 5.74) is 5.59. The highest BCUT2D eigenvalue weighted by molar-refractivity contribution is 5.32. The molecule has 1 N–H and O–H groups in total. The van der Waals surface area contributed by atoms with Crippen LogP contribution in [0.15, 0.2) is 24.3 Å². The molecule has 0 spiro atoms. The zero-order chi connectivity index (χ0) is 14.7. The van der Waals surface area contributed by atoms with Gasteiger partial charge in [-0.3, -0.25) is 4.68 Å². The maximum Gasteiger partial charge on any atom is 0.0847 e. The summed E-state index contributed by atoms with van der Waals surface area (Å²) in [5.74, 6) is 0. The lowest BCUT2D eigenvalue weighted by Gasteiger charge is -2.15. The van der Waals surface area contributed by atoms with Crippen LogP contribution in [-0.4, -0.2) is 14.9 Å². The van der Waals surface area contributed by atoms with E-state index >= 15 is 0 Å². The van der Waals surface area contributed by atoms with Crippen molar-refractivity contribution in [2.45, 2.75) is 53.2 Å². The van der Waals surface area contributed by atoms with E-state index in [-0.39, 0.29) is 0 Å². The second-order valence-corrected chi connectivity index (χ2v) is 5.38. The van der Waals surface area contributed by atoms with Gasteiger partial charge in [0.2, 0.25) is 0 Å². The summed E-state index contributed by atoms with van der Waals surface area (Å²) in [5, 5.41) is 15.0. The molecular weight excluding hydrogens is 248 g/mol. The van der Waals surface area contributed by atoms with Crippen molar-refractivity contribution in [2.75, 3.05) is 0 Å². The first-order chi connectivity index (χ1) is 9.55. The maximum absolute atomic E-state index is 10.5. The quantitative estimate of drug-likeness (QED) is 0.906. The molecule has 1 unspecified atom stereocenters. The first kappa shape index (κ1) is 14.8. The third-order valence-corrected chi connectivity index (χ3v) is 3.76. The lowest BCUT2D eigenvalue weighted by molar-refractivity contribution is 0.174. The van der Waals surface area contributed by atoms with Crippen LogP contribution in [0.1, 0.15) is 48.0 Å². The molecule has 1 atom stereocenters. The van der Waals surface area contributed by atoms with Gasteiger partial charge in [0.1, 0.15) is 0 Å². The molecule has 0 saturated heterocycles. The first-order valence-electron chi connectivity index (χ1n) is 7.36. The highest BCUT2D eigenvalue weighted by Gasteiger charge is 2.15. The molecular formula is C17H24N2O. The monoisotopic (exact) mass is 272 g/mol. The number of aromatic nitrogens is 2. The van der Waals surface area contributed by atoms with Gasteiger partial charge in [0.05, 0.1) is 11.8 Å². The normalized spacial score (nSPS) is 12.7. The number of hydrogen-bond donors (Lipinski definition) is 1. The predicted molar refractivity (Wildman–Crippen MR) is 81.9 cm³/mol. The second kappa shape index (κ2) is 6.23. The summed E-state index contributed by atoms with van der Waals surface area (Å²) in [7, 11) is 0. The van der Waals surface area contributed by atoms with Crippen molar-refractivity contribution in [3.63, 3.8) is 0 Å². The van der Waals surface area contributed by atoms with Crippen molar-refractivity contribution in [3.8, 4) is 0 Å². The Labute approximate surface area is 121 Å². The highest BCUT2D eigenvalue weighted by atomic mass is 16.3. The molecule has 0 aliphatic carbocycles. The SMILES string of the molecule is CCc1cc(CC(O)c2ccc(C)cc2C)n(CC)n1. The summed E-state index contributed by atoms with van der Waals surface area (Å²) < 4.78 is 1.99. The van der Waals surface area contributed by atoms with Crippen molar-refractivity contribution in [3.05, 3.63) is 52.3 Å². The number of aliphatic hydroxyl groups is 1. The van der Waals surface area contributed by atoms with Crippen molar-refractivity contribution in [1.82, 2.24) is 9.78 Å². The summed E-state index contributed by atoms with van der Waals surface area (Å²) in [4.78, 5) is 0. The Kier molecular flexibility index (Phi) is 4.61. The van der Waals surface area contributed by atoms with Crippen molar-refractivity contribution >= 4 is 0 Å². The van der Waals surface area contributed by atoms with Gasteiger partial charge >= 0.3 is 0 Å². The standard InChI is InChI=1S/C17H24N2O/c1-5-14-10-15(19(6-2)18-14)11-17(20)16-8-7-12(3)9-13(16)4/h7-10,17,20H,5-6,11H2,1-4H3. The molecule has 1 heterocycles. The van der Waals surface area contributed by atoms with E-state index in [1.807, 2.05) is 10.7 Å². The van der Waals surface area contributed by atoms with Crippen LogP contribution >= 0.6 is 0 Å². The van der Waals surface area contributed by atoms with Crippen LogP contribution in [0.4, 0.5) is 0 Å². The van der Waals surface area contributed by atoms with E-state index in [4.69, 9.17) is 0 Å². The Hall–Kier alpha value is -1.61. The molecule has 0 saturated carbocycles. The Bertz CT molecular complexity index is 587. The fourth-order valence-electron chi connectivity index (χ4n) is 2.63. The summed E-state index contributed by atoms with van der Waals surface area (Å²) in [6.45, 7) is 9.16. The van der Waals surface area contributed by atoms with Gasteiger partial charge in [-0.05, 0) is 44.4 Å². The number of aliphatic hydroxyl groups excluding tert-OH is 1. The van der Waals surface area contributed by atoms with Crippen LogP contribution < -0.4 is 0 Å². The van der Waals surface area contributed by atoms with Crippen LogP contribution in [-0.2, 0) is 19.4 Å². The largest absolute Gasteiger partial charge is 0.388 e. The third kappa shape index (κ3) is 3.10. The molecule has 0 fully saturated rings. The average molecular weight is 272 g/mol. The molecule has 0 bridgehead atoms. The van der Waals surface area contributed by atoms with Crippen molar-refractivity contribution in [2.24, 2.45) is 0 Å². The van der Waals surface area contributed by atoms with Gasteiger partial charge < -0.3 is 5.11 Å². The number of aryl methyl sites for hydroxylation is 4. The summed E-state index contributed by atoms with van der Waals surface area (Å²) in [6.07, 6.45) is 1.08. The zero-order valence-electron chi connectivity index (χ0n) is 12.8. The van der Waals surface area contributed by atoms with E-state index in [1.165, 1.54) is 5.56 Å². The lowest BCUT2D eigenvalue weighted by atomic mass is 9.98. The zero-order valence-corrected chi connectivity index (χ0v) is 12.8. The third-order valence-electron chi connectivity index (χ3n) is 3.76. The van der Waals surface area contributed by atoms with Crippen LogP contribution in [0.5, 0.6) is 0 Å². The molecule has 3 heteroatoms. The van der Waals surface area contributed by atoms with E-state index in [1.54, 1.807) is 0 Å². The molecule has 108 valence electrons. The molecule has 1 aromatic heterocycles. The minimum atomic E-state index is -0.470. The number of nitrogens with zero attached hydrogens (tertiary/aromatic N) is 2. The summed E-state index contributed by atoms with van der Waals surface area (Å²) >= 11 is 0. The van der Waals surface area contributed by atoms with E-state index < -0.39 is 6.10 Å². The van der Waals surface area contributed by atoms with Gasteiger partial charge in [0.15, 0.2) is 0 Å². The van der Waals surface area contributed by atoms with Crippen molar-refractivity contribution in [1.29, 1.82) is 0 Å². The van der Waals surface area contributed by atoms with E-state index in [2.05, 4.69) is 51.0 Å². The predicted octanol–water partition coefficient (Wildman–Crippen LogP) is 3.36. The summed E-state index contributed by atoms with van der Waals surface area (Å²) in [6, 6.07) is 8.31.